The molecule has 5 rings (SSSR count). The van der Waals surface area contributed by atoms with E-state index >= 15 is 0 Å². The highest BCUT2D eigenvalue weighted by Crippen LogP contribution is 2.42. The predicted octanol–water partition coefficient (Wildman–Crippen LogP) is 2.84. The molecule has 0 unspecified atom stereocenters. The molecule has 0 bridgehead atoms. The molecule has 0 atom stereocenters. The van der Waals surface area contributed by atoms with Gasteiger partial charge in [0.2, 0.25) is 11.8 Å². The maximum atomic E-state index is 12.5. The number of carbonyl (C=O) groups excluding carboxylic acids is 2. The fourth-order valence-corrected chi connectivity index (χ4v) is 4.56. The van der Waals surface area contributed by atoms with Gasteiger partial charge in [-0.25, -0.2) is 0 Å². The van der Waals surface area contributed by atoms with E-state index in [2.05, 4.69) is 15.4 Å². The monoisotopic (exact) mass is 461 g/mol. The first-order valence-electron chi connectivity index (χ1n) is 11.4. The minimum absolute atomic E-state index is 0.0662. The van der Waals surface area contributed by atoms with E-state index in [9.17, 15) is 14.7 Å². The van der Waals surface area contributed by atoms with E-state index in [-0.39, 0.29) is 24.0 Å². The van der Waals surface area contributed by atoms with Crippen molar-refractivity contribution in [2.45, 2.75) is 13.3 Å². The van der Waals surface area contributed by atoms with Crippen molar-refractivity contribution in [2.24, 2.45) is 0 Å². The van der Waals surface area contributed by atoms with Crippen molar-refractivity contribution in [3.05, 3.63) is 42.5 Å². The molecule has 2 aliphatic rings. The topological polar surface area (TPSA) is 102 Å². The highest BCUT2D eigenvalue weighted by atomic mass is 16.5. The average molecular weight is 462 g/mol. The number of nitrogens with one attached hydrogen (secondary N) is 1. The summed E-state index contributed by atoms with van der Waals surface area (Å²) in [6, 6.07) is 12.8. The summed E-state index contributed by atoms with van der Waals surface area (Å²) >= 11 is 0. The van der Waals surface area contributed by atoms with Gasteiger partial charge >= 0.3 is 0 Å². The van der Waals surface area contributed by atoms with Crippen molar-refractivity contribution in [3.63, 3.8) is 0 Å². The molecular formula is C25H27N5O4. The van der Waals surface area contributed by atoms with Crippen molar-refractivity contribution < 1.29 is 19.2 Å². The van der Waals surface area contributed by atoms with Crippen molar-refractivity contribution in [1.82, 2.24) is 10.5 Å². The largest absolute Gasteiger partial charge is 0.507 e. The molecule has 2 amide bonds. The number of phenolic OH excluding ortho intramolecular Hbond substituents is 1. The number of amides is 2. The van der Waals surface area contributed by atoms with Crippen LogP contribution in [0.15, 0.2) is 47.0 Å². The van der Waals surface area contributed by atoms with Crippen LogP contribution in [0.1, 0.15) is 13.3 Å². The summed E-state index contributed by atoms with van der Waals surface area (Å²) in [7, 11) is 1.71. The van der Waals surface area contributed by atoms with Gasteiger partial charge < -0.3 is 29.6 Å². The Bertz CT molecular complexity index is 1250. The summed E-state index contributed by atoms with van der Waals surface area (Å²) < 4.78 is 5.59. The Kier molecular flexibility index (Phi) is 5.70. The number of benzene rings is 2. The van der Waals surface area contributed by atoms with Crippen LogP contribution in [0.3, 0.4) is 0 Å². The lowest BCUT2D eigenvalue weighted by atomic mass is 9.99. The number of aromatic nitrogens is 1. The first-order valence-corrected chi connectivity index (χ1v) is 11.4. The van der Waals surface area contributed by atoms with Crippen LogP contribution in [0.5, 0.6) is 5.75 Å². The van der Waals surface area contributed by atoms with E-state index in [1.807, 2.05) is 36.4 Å². The Balaban J connectivity index is 1.53. The summed E-state index contributed by atoms with van der Waals surface area (Å²) in [5.41, 5.74) is 3.16. The van der Waals surface area contributed by atoms with Crippen LogP contribution in [0.25, 0.3) is 22.5 Å². The maximum Gasteiger partial charge on any atom is 0.228 e. The van der Waals surface area contributed by atoms with Crippen LogP contribution in [-0.4, -0.2) is 61.8 Å². The molecule has 2 aliphatic heterocycles. The van der Waals surface area contributed by atoms with Crippen LogP contribution >= 0.6 is 0 Å². The Labute approximate surface area is 197 Å². The molecule has 2 N–H and O–H groups in total. The predicted molar refractivity (Wildman–Crippen MR) is 130 cm³/mol. The van der Waals surface area contributed by atoms with Crippen molar-refractivity contribution in [3.8, 4) is 28.2 Å². The van der Waals surface area contributed by atoms with Crippen LogP contribution in [0, 0.1) is 0 Å². The van der Waals surface area contributed by atoms with Gasteiger partial charge in [-0.15, -0.1) is 0 Å². The van der Waals surface area contributed by atoms with E-state index in [0.29, 0.717) is 34.8 Å². The first-order chi connectivity index (χ1) is 16.4. The minimum atomic E-state index is -0.118. The number of para-hydroxylation sites is 1. The van der Waals surface area contributed by atoms with E-state index < -0.39 is 0 Å². The highest BCUT2D eigenvalue weighted by molar-refractivity contribution is 6.05. The zero-order valence-electron chi connectivity index (χ0n) is 19.2. The summed E-state index contributed by atoms with van der Waals surface area (Å²) in [5.74, 6) is 1.11. The van der Waals surface area contributed by atoms with E-state index in [1.54, 1.807) is 22.9 Å². The third kappa shape index (κ3) is 3.88. The molecule has 0 spiro atoms. The Morgan fingerprint density at radius 1 is 1.06 bits per heavy atom. The molecule has 1 saturated heterocycles. The molecule has 0 saturated carbocycles. The van der Waals surface area contributed by atoms with Gasteiger partial charge in [-0.05, 0) is 23.8 Å². The third-order valence-electron chi connectivity index (χ3n) is 6.48. The standard InChI is InChI=1S/C25H27N5O4/c1-16(31)30-11-8-24(32)28(2)21-14-17(6-7-20(21)30)18-4-3-5-19(25(18)33)22-15-23(27-34-22)29-12-9-26-10-13-29/h3-7,14-15,26,33H,8-13H2,1-2H3. The summed E-state index contributed by atoms with van der Waals surface area (Å²) in [4.78, 5) is 30.1. The number of aromatic hydroxyl groups is 1. The summed E-state index contributed by atoms with van der Waals surface area (Å²) in [6.45, 7) is 5.30. The van der Waals surface area contributed by atoms with Gasteiger partial charge in [-0.1, -0.05) is 23.4 Å². The smallest absolute Gasteiger partial charge is 0.228 e. The number of rotatable bonds is 3. The van der Waals surface area contributed by atoms with Crippen LogP contribution in [0.4, 0.5) is 17.2 Å². The fraction of sp³-hybridized carbons (Fsp3) is 0.320. The highest BCUT2D eigenvalue weighted by Gasteiger charge is 2.27. The number of nitrogens with zero attached hydrogens (tertiary/aromatic N) is 4. The first kappa shape index (κ1) is 22.0. The Morgan fingerprint density at radius 2 is 1.82 bits per heavy atom. The Morgan fingerprint density at radius 3 is 2.59 bits per heavy atom. The van der Waals surface area contributed by atoms with Gasteiger partial charge in [-0.2, -0.15) is 0 Å². The van der Waals surface area contributed by atoms with E-state index in [0.717, 1.165) is 37.6 Å². The van der Waals surface area contributed by atoms with E-state index in [1.165, 1.54) is 6.92 Å². The number of piperazine rings is 1. The molecule has 3 aromatic rings. The SMILES string of the molecule is CC(=O)N1CCC(=O)N(C)c2cc(-c3cccc(-c4cc(N5CCNCC5)no4)c3O)ccc21. The minimum Gasteiger partial charge on any atom is -0.507 e. The summed E-state index contributed by atoms with van der Waals surface area (Å²) in [5, 5.41) is 18.7. The van der Waals surface area contributed by atoms with Gasteiger partial charge in [0, 0.05) is 64.7 Å². The average Bonchev–Trinajstić information content (AvgIpc) is 3.30. The number of carbonyl (C=O) groups is 2. The molecule has 9 nitrogen and oxygen atoms in total. The zero-order valence-corrected chi connectivity index (χ0v) is 19.2. The number of hydrogen-bond donors (Lipinski definition) is 2. The summed E-state index contributed by atoms with van der Waals surface area (Å²) in [6.07, 6.45) is 0.252. The molecule has 1 aromatic heterocycles. The van der Waals surface area contributed by atoms with Gasteiger partial charge in [0.25, 0.3) is 0 Å². The molecule has 2 aromatic carbocycles. The fourth-order valence-electron chi connectivity index (χ4n) is 4.56. The normalized spacial score (nSPS) is 16.4. The van der Waals surface area contributed by atoms with Gasteiger partial charge in [0.15, 0.2) is 11.6 Å². The van der Waals surface area contributed by atoms with Gasteiger partial charge in [-0.3, -0.25) is 9.59 Å². The van der Waals surface area contributed by atoms with Gasteiger partial charge in [0.05, 0.1) is 16.9 Å². The molecule has 3 heterocycles. The lowest BCUT2D eigenvalue weighted by Crippen LogP contribution is -2.43. The number of phenols is 1. The quantitative estimate of drug-likeness (QED) is 0.618. The van der Waals surface area contributed by atoms with Crippen molar-refractivity contribution in [1.29, 1.82) is 0 Å². The van der Waals surface area contributed by atoms with Crippen LogP contribution in [0.2, 0.25) is 0 Å². The second kappa shape index (κ2) is 8.83. The molecule has 0 aliphatic carbocycles. The number of fused-ring (bicyclic) bond motifs is 1. The molecule has 176 valence electrons. The molecule has 1 fully saturated rings. The maximum absolute atomic E-state index is 12.5. The zero-order chi connectivity index (χ0) is 23.8. The molecule has 34 heavy (non-hydrogen) atoms. The Hall–Kier alpha value is -3.85. The molecular weight excluding hydrogens is 434 g/mol. The van der Waals surface area contributed by atoms with Crippen LogP contribution in [-0.2, 0) is 9.59 Å². The second-order valence-electron chi connectivity index (χ2n) is 8.57. The van der Waals surface area contributed by atoms with Crippen LogP contribution < -0.4 is 20.0 Å². The molecule has 0 radical (unpaired) electrons. The van der Waals surface area contributed by atoms with Crippen molar-refractivity contribution in [2.75, 3.05) is 54.5 Å². The van der Waals surface area contributed by atoms with Crippen molar-refractivity contribution >= 4 is 29.0 Å². The number of hydrogen-bond acceptors (Lipinski definition) is 7. The lowest BCUT2D eigenvalue weighted by molar-refractivity contribution is -0.118. The van der Waals surface area contributed by atoms with Gasteiger partial charge in [0.1, 0.15) is 5.75 Å². The van der Waals surface area contributed by atoms with E-state index in [4.69, 9.17) is 4.52 Å². The molecule has 9 heteroatoms. The lowest BCUT2D eigenvalue weighted by Gasteiger charge is -2.26. The second-order valence-corrected chi connectivity index (χ2v) is 8.57. The third-order valence-corrected chi connectivity index (χ3v) is 6.48. The number of anilines is 3.